The topological polar surface area (TPSA) is 80.0 Å². The summed E-state index contributed by atoms with van der Waals surface area (Å²) in [6.07, 6.45) is -0.589. The van der Waals surface area contributed by atoms with Crippen LogP contribution < -0.4 is 5.32 Å². The van der Waals surface area contributed by atoms with Crippen LogP contribution in [0.15, 0.2) is 6.07 Å². The number of aliphatic hydroxyl groups is 1. The zero-order chi connectivity index (χ0) is 18.2. The van der Waals surface area contributed by atoms with Gasteiger partial charge in [-0.15, -0.1) is 0 Å². The van der Waals surface area contributed by atoms with Crippen molar-refractivity contribution < 1.29 is 9.90 Å². The third-order valence-corrected chi connectivity index (χ3v) is 3.86. The fourth-order valence-corrected chi connectivity index (χ4v) is 2.59. The van der Waals surface area contributed by atoms with Crippen molar-refractivity contribution in [3.63, 3.8) is 0 Å². The van der Waals surface area contributed by atoms with Crippen LogP contribution in [0.5, 0.6) is 0 Å². The standard InChI is InChI=1S/C18H28N4O2/c1-10(2)14-8-13(17(24)19-9-11(3)23)15-12(4)21-22(16(15)20-14)18(5,6)7/h8,10-11,23H,9H2,1-7H3,(H,19,24). The first-order valence-electron chi connectivity index (χ1n) is 8.39. The number of nitrogens with one attached hydrogen (secondary N) is 1. The molecule has 0 radical (unpaired) electrons. The van der Waals surface area contributed by atoms with E-state index in [4.69, 9.17) is 4.98 Å². The second-order valence-electron chi connectivity index (χ2n) is 7.68. The minimum Gasteiger partial charge on any atom is -0.392 e. The number of rotatable bonds is 4. The van der Waals surface area contributed by atoms with Crippen molar-refractivity contribution in [1.29, 1.82) is 0 Å². The van der Waals surface area contributed by atoms with Gasteiger partial charge in [0.15, 0.2) is 5.65 Å². The molecule has 0 aliphatic rings. The van der Waals surface area contributed by atoms with Gasteiger partial charge in [-0.05, 0) is 46.6 Å². The van der Waals surface area contributed by atoms with E-state index in [2.05, 4.69) is 45.0 Å². The maximum Gasteiger partial charge on any atom is 0.252 e. The zero-order valence-corrected chi connectivity index (χ0v) is 15.6. The van der Waals surface area contributed by atoms with Gasteiger partial charge in [0.1, 0.15) is 0 Å². The third kappa shape index (κ3) is 3.59. The van der Waals surface area contributed by atoms with Gasteiger partial charge in [-0.3, -0.25) is 4.79 Å². The molecule has 132 valence electrons. The van der Waals surface area contributed by atoms with Crippen LogP contribution in [0.25, 0.3) is 11.0 Å². The van der Waals surface area contributed by atoms with Gasteiger partial charge in [0.05, 0.1) is 28.3 Å². The van der Waals surface area contributed by atoms with Crippen LogP contribution in [0.1, 0.15) is 69.2 Å². The molecule has 2 aromatic heterocycles. The van der Waals surface area contributed by atoms with E-state index in [0.29, 0.717) is 5.56 Å². The molecule has 0 saturated heterocycles. The van der Waals surface area contributed by atoms with Gasteiger partial charge in [-0.25, -0.2) is 9.67 Å². The number of hydrogen-bond acceptors (Lipinski definition) is 4. The summed E-state index contributed by atoms with van der Waals surface area (Å²) in [5.41, 5.74) is 2.70. The van der Waals surface area contributed by atoms with Gasteiger partial charge in [0.25, 0.3) is 5.91 Å². The number of nitrogens with zero attached hydrogens (tertiary/aromatic N) is 3. The van der Waals surface area contributed by atoms with Crippen molar-refractivity contribution in [2.45, 2.75) is 66.0 Å². The molecule has 2 N–H and O–H groups in total. The summed E-state index contributed by atoms with van der Waals surface area (Å²) in [4.78, 5) is 17.4. The number of carbonyl (C=O) groups excluding carboxylic acids is 1. The SMILES string of the molecule is Cc1nn(C(C)(C)C)c2nc(C(C)C)cc(C(=O)NCC(C)O)c12. The number of carbonyl (C=O) groups is 1. The van der Waals surface area contributed by atoms with E-state index in [0.717, 1.165) is 22.4 Å². The molecule has 0 aromatic carbocycles. The number of amides is 1. The highest BCUT2D eigenvalue weighted by molar-refractivity contribution is 6.06. The molecule has 0 bridgehead atoms. The Morgan fingerprint density at radius 3 is 2.46 bits per heavy atom. The summed E-state index contributed by atoms with van der Waals surface area (Å²) >= 11 is 0. The number of fused-ring (bicyclic) bond motifs is 1. The zero-order valence-electron chi connectivity index (χ0n) is 15.6. The lowest BCUT2D eigenvalue weighted by Gasteiger charge is -2.20. The highest BCUT2D eigenvalue weighted by Gasteiger charge is 2.25. The molecule has 0 spiro atoms. The molecule has 1 amide bonds. The Bertz CT molecular complexity index is 754. The Morgan fingerprint density at radius 2 is 1.96 bits per heavy atom. The average Bonchev–Trinajstić information content (AvgIpc) is 2.81. The lowest BCUT2D eigenvalue weighted by molar-refractivity contribution is 0.0925. The average molecular weight is 332 g/mol. The molecular weight excluding hydrogens is 304 g/mol. The second kappa shape index (κ2) is 6.51. The molecule has 1 atom stereocenters. The third-order valence-electron chi connectivity index (χ3n) is 3.86. The largest absolute Gasteiger partial charge is 0.392 e. The first-order valence-corrected chi connectivity index (χ1v) is 8.39. The van der Waals surface area contributed by atoms with Crippen molar-refractivity contribution in [2.24, 2.45) is 0 Å². The molecule has 2 heterocycles. The summed E-state index contributed by atoms with van der Waals surface area (Å²) in [5.74, 6) is -0.0110. The summed E-state index contributed by atoms with van der Waals surface area (Å²) in [6.45, 7) is 14.1. The summed E-state index contributed by atoms with van der Waals surface area (Å²) in [6, 6.07) is 1.84. The van der Waals surface area contributed by atoms with Crippen LogP contribution in [-0.4, -0.2) is 38.4 Å². The lowest BCUT2D eigenvalue weighted by Crippen LogP contribution is -2.31. The van der Waals surface area contributed by atoms with Crippen molar-refractivity contribution in [3.05, 3.63) is 23.0 Å². The fraction of sp³-hybridized carbons (Fsp3) is 0.611. The quantitative estimate of drug-likeness (QED) is 0.902. The second-order valence-corrected chi connectivity index (χ2v) is 7.68. The Balaban J connectivity index is 2.69. The van der Waals surface area contributed by atoms with Crippen molar-refractivity contribution in [1.82, 2.24) is 20.1 Å². The smallest absolute Gasteiger partial charge is 0.252 e. The number of aryl methyl sites for hydroxylation is 1. The van der Waals surface area contributed by atoms with Crippen molar-refractivity contribution >= 4 is 16.9 Å². The van der Waals surface area contributed by atoms with Gasteiger partial charge >= 0.3 is 0 Å². The highest BCUT2D eigenvalue weighted by atomic mass is 16.3. The molecule has 0 saturated carbocycles. The molecule has 6 nitrogen and oxygen atoms in total. The van der Waals surface area contributed by atoms with Crippen LogP contribution >= 0.6 is 0 Å². The Kier molecular flexibility index (Phi) is 4.99. The molecule has 24 heavy (non-hydrogen) atoms. The molecule has 2 aromatic rings. The molecule has 2 rings (SSSR count). The molecule has 0 fully saturated rings. The van der Waals surface area contributed by atoms with E-state index >= 15 is 0 Å². The van der Waals surface area contributed by atoms with Crippen LogP contribution in [0.4, 0.5) is 0 Å². The first-order chi connectivity index (χ1) is 11.0. The number of pyridine rings is 1. The molecular formula is C18H28N4O2. The summed E-state index contributed by atoms with van der Waals surface area (Å²) in [5, 5.41) is 17.6. The van der Waals surface area contributed by atoms with Crippen molar-refractivity contribution in [3.8, 4) is 0 Å². The lowest BCUT2D eigenvalue weighted by atomic mass is 10.0. The highest BCUT2D eigenvalue weighted by Crippen LogP contribution is 2.28. The van der Waals surface area contributed by atoms with E-state index < -0.39 is 6.10 Å². The maximum atomic E-state index is 12.7. The summed E-state index contributed by atoms with van der Waals surface area (Å²) < 4.78 is 1.88. The predicted octanol–water partition coefficient (Wildman–Crippen LogP) is 2.73. The number of aromatic nitrogens is 3. The predicted molar refractivity (Wildman–Crippen MR) is 95.4 cm³/mol. The minimum atomic E-state index is -0.589. The van der Waals surface area contributed by atoms with E-state index in [1.165, 1.54) is 0 Å². The van der Waals surface area contributed by atoms with Gasteiger partial charge < -0.3 is 10.4 Å². The van der Waals surface area contributed by atoms with E-state index in [-0.39, 0.29) is 23.9 Å². The maximum absolute atomic E-state index is 12.7. The Labute approximate surface area is 143 Å². The van der Waals surface area contributed by atoms with Gasteiger partial charge in [-0.1, -0.05) is 13.8 Å². The van der Waals surface area contributed by atoms with Crippen LogP contribution in [-0.2, 0) is 5.54 Å². The van der Waals surface area contributed by atoms with Crippen LogP contribution in [0.3, 0.4) is 0 Å². The molecule has 0 aliphatic heterocycles. The van der Waals surface area contributed by atoms with E-state index in [9.17, 15) is 9.90 Å². The monoisotopic (exact) mass is 332 g/mol. The summed E-state index contributed by atoms with van der Waals surface area (Å²) in [7, 11) is 0. The van der Waals surface area contributed by atoms with Gasteiger partial charge in [-0.2, -0.15) is 5.10 Å². The van der Waals surface area contributed by atoms with Gasteiger partial charge in [0.2, 0.25) is 0 Å². The minimum absolute atomic E-state index is 0.196. The van der Waals surface area contributed by atoms with Crippen LogP contribution in [0, 0.1) is 6.92 Å². The van der Waals surface area contributed by atoms with Crippen molar-refractivity contribution in [2.75, 3.05) is 6.54 Å². The van der Waals surface area contributed by atoms with Crippen LogP contribution in [0.2, 0.25) is 0 Å². The van der Waals surface area contributed by atoms with Gasteiger partial charge in [0, 0.05) is 12.2 Å². The van der Waals surface area contributed by atoms with E-state index in [1.54, 1.807) is 6.92 Å². The fourth-order valence-electron chi connectivity index (χ4n) is 2.59. The molecule has 0 aliphatic carbocycles. The Morgan fingerprint density at radius 1 is 1.33 bits per heavy atom. The Hall–Kier alpha value is -1.95. The molecule has 1 unspecified atom stereocenters. The van der Waals surface area contributed by atoms with E-state index in [1.807, 2.05) is 17.7 Å². The number of aliphatic hydroxyl groups excluding tert-OH is 1. The normalized spacial score (nSPS) is 13.5. The number of hydrogen-bond donors (Lipinski definition) is 2. The first kappa shape index (κ1) is 18.4. The molecule has 6 heteroatoms.